The highest BCUT2D eigenvalue weighted by molar-refractivity contribution is 6.99. The van der Waals surface area contributed by atoms with Gasteiger partial charge in [0.05, 0.1) is 12.7 Å². The van der Waals surface area contributed by atoms with E-state index in [1.165, 1.54) is 16.6 Å². The minimum Gasteiger partial charge on any atom is -0.432 e. The molecule has 29 heavy (non-hydrogen) atoms. The van der Waals surface area contributed by atoms with Crippen molar-refractivity contribution in [3.8, 4) is 0 Å². The first-order valence-electron chi connectivity index (χ1n) is 10.0. The molecule has 0 unspecified atom stereocenters. The van der Waals surface area contributed by atoms with E-state index in [4.69, 9.17) is 8.84 Å². The lowest BCUT2D eigenvalue weighted by Crippen LogP contribution is -2.70. The molecule has 0 bridgehead atoms. The number of aliphatic hydroxyl groups is 1. The average Bonchev–Trinajstić information content (AvgIpc) is 3.16. The summed E-state index contributed by atoms with van der Waals surface area (Å²) in [5.74, 6) is 0. The van der Waals surface area contributed by atoms with Gasteiger partial charge in [0.2, 0.25) is 0 Å². The molecule has 0 amide bonds. The van der Waals surface area contributed by atoms with E-state index < -0.39 is 8.32 Å². The number of aromatic nitrogens is 1. The second kappa shape index (κ2) is 7.78. The smallest absolute Gasteiger partial charge is 0.297 e. The van der Waals surface area contributed by atoms with E-state index in [0.717, 1.165) is 13.1 Å². The summed E-state index contributed by atoms with van der Waals surface area (Å²) in [4.78, 5) is 6.37. The van der Waals surface area contributed by atoms with Crippen LogP contribution in [0.2, 0.25) is 5.04 Å². The number of aliphatic hydroxyl groups excluding tert-OH is 1. The molecule has 5 nitrogen and oxygen atoms in total. The highest BCUT2D eigenvalue weighted by atomic mass is 28.4. The van der Waals surface area contributed by atoms with Crippen LogP contribution >= 0.6 is 0 Å². The second-order valence-electron chi connectivity index (χ2n) is 8.59. The van der Waals surface area contributed by atoms with E-state index in [1.807, 2.05) is 0 Å². The highest BCUT2D eigenvalue weighted by Crippen LogP contribution is 2.38. The number of nitrogens with zero attached hydrogens (tertiary/aromatic N) is 2. The molecule has 0 saturated carbocycles. The molecule has 3 aromatic rings. The predicted octanol–water partition coefficient (Wildman–Crippen LogP) is 2.93. The molecule has 1 fully saturated rings. The quantitative estimate of drug-likeness (QED) is 0.636. The molecule has 152 valence electrons. The van der Waals surface area contributed by atoms with Crippen molar-refractivity contribution >= 4 is 24.7 Å². The van der Waals surface area contributed by atoms with Crippen LogP contribution in [0.1, 0.15) is 26.5 Å². The molecule has 2 heterocycles. The number of hydrogen-bond acceptors (Lipinski definition) is 5. The Balaban J connectivity index is 1.65. The monoisotopic (exact) mass is 408 g/mol. The van der Waals surface area contributed by atoms with Gasteiger partial charge in [0.1, 0.15) is 12.0 Å². The fraction of sp³-hybridized carbons (Fsp3) is 0.348. The lowest BCUT2D eigenvalue weighted by molar-refractivity contribution is 0.150. The van der Waals surface area contributed by atoms with Gasteiger partial charge in [-0.1, -0.05) is 81.4 Å². The van der Waals surface area contributed by atoms with Crippen LogP contribution in [0.4, 0.5) is 6.01 Å². The van der Waals surface area contributed by atoms with Crippen molar-refractivity contribution in [2.45, 2.75) is 38.5 Å². The van der Waals surface area contributed by atoms with Gasteiger partial charge in [0.25, 0.3) is 14.3 Å². The van der Waals surface area contributed by atoms with Crippen LogP contribution in [0.25, 0.3) is 0 Å². The van der Waals surface area contributed by atoms with E-state index in [1.54, 1.807) is 0 Å². The zero-order valence-electron chi connectivity index (χ0n) is 17.2. The Labute approximate surface area is 173 Å². The molecule has 1 saturated heterocycles. The molecule has 4 rings (SSSR count). The predicted molar refractivity (Wildman–Crippen MR) is 117 cm³/mol. The number of rotatable bonds is 6. The van der Waals surface area contributed by atoms with Gasteiger partial charge in [0, 0.05) is 13.1 Å². The molecule has 1 aliphatic rings. The van der Waals surface area contributed by atoms with E-state index in [2.05, 4.69) is 91.3 Å². The van der Waals surface area contributed by atoms with Crippen molar-refractivity contribution in [2.24, 2.45) is 0 Å². The molecule has 0 spiro atoms. The van der Waals surface area contributed by atoms with Gasteiger partial charge in [-0.3, -0.25) is 0 Å². The van der Waals surface area contributed by atoms with Crippen LogP contribution in [-0.4, -0.2) is 37.6 Å². The lowest BCUT2D eigenvalue weighted by Gasteiger charge is -2.49. The maximum Gasteiger partial charge on any atom is 0.297 e. The van der Waals surface area contributed by atoms with Gasteiger partial charge in [-0.15, -0.1) is 0 Å². The Morgan fingerprint density at radius 1 is 1.03 bits per heavy atom. The Bertz CT molecular complexity index is 892. The molecule has 0 radical (unpaired) electrons. The summed E-state index contributed by atoms with van der Waals surface area (Å²) in [6.07, 6.45) is 1.61. The third-order valence-corrected chi connectivity index (χ3v) is 10.7. The van der Waals surface area contributed by atoms with Crippen molar-refractivity contribution in [3.63, 3.8) is 0 Å². The SMILES string of the molecule is CC(C)(C)[Si](OC1CN(c2nc(CO)co2)C1)(c1ccccc1)c1ccccc1. The van der Waals surface area contributed by atoms with Crippen molar-refractivity contribution in [1.29, 1.82) is 0 Å². The fourth-order valence-electron chi connectivity index (χ4n) is 4.12. The third kappa shape index (κ3) is 3.63. The second-order valence-corrected chi connectivity index (χ2v) is 12.8. The third-order valence-electron chi connectivity index (χ3n) is 5.58. The summed E-state index contributed by atoms with van der Waals surface area (Å²) in [5.41, 5.74) is 0.552. The highest BCUT2D eigenvalue weighted by Gasteiger charge is 2.52. The van der Waals surface area contributed by atoms with Crippen molar-refractivity contribution in [3.05, 3.63) is 72.6 Å². The largest absolute Gasteiger partial charge is 0.432 e. The van der Waals surface area contributed by atoms with E-state index >= 15 is 0 Å². The maximum absolute atomic E-state index is 9.21. The average molecular weight is 409 g/mol. The fourth-order valence-corrected chi connectivity index (χ4v) is 8.79. The van der Waals surface area contributed by atoms with E-state index in [9.17, 15) is 5.11 Å². The number of benzene rings is 2. The van der Waals surface area contributed by atoms with E-state index in [-0.39, 0.29) is 17.7 Å². The summed E-state index contributed by atoms with van der Waals surface area (Å²) < 4.78 is 12.6. The van der Waals surface area contributed by atoms with Crippen LogP contribution in [0.15, 0.2) is 71.3 Å². The molecule has 1 aromatic heterocycles. The van der Waals surface area contributed by atoms with Gasteiger partial charge in [-0.2, -0.15) is 4.98 Å². The van der Waals surface area contributed by atoms with Crippen molar-refractivity contribution < 1.29 is 13.9 Å². The Morgan fingerprint density at radius 2 is 1.59 bits per heavy atom. The van der Waals surface area contributed by atoms with Gasteiger partial charge >= 0.3 is 0 Å². The Hall–Kier alpha value is -2.41. The zero-order valence-corrected chi connectivity index (χ0v) is 18.2. The van der Waals surface area contributed by atoms with Crippen LogP contribution in [0, 0.1) is 0 Å². The zero-order chi connectivity index (χ0) is 20.5. The summed E-state index contributed by atoms with van der Waals surface area (Å²) in [5, 5.41) is 11.7. The number of hydrogen-bond donors (Lipinski definition) is 1. The first kappa shape index (κ1) is 19.9. The van der Waals surface area contributed by atoms with Gasteiger partial charge < -0.3 is 18.8 Å². The van der Waals surface area contributed by atoms with Gasteiger partial charge in [-0.05, 0) is 15.4 Å². The number of oxazole rings is 1. The normalized spacial score (nSPS) is 15.4. The van der Waals surface area contributed by atoms with Crippen LogP contribution < -0.4 is 15.3 Å². The molecule has 0 aliphatic carbocycles. The lowest BCUT2D eigenvalue weighted by atomic mass is 10.2. The summed E-state index contributed by atoms with van der Waals surface area (Å²) in [7, 11) is -2.53. The molecule has 1 aliphatic heterocycles. The molecule has 6 heteroatoms. The molecule has 0 atom stereocenters. The van der Waals surface area contributed by atoms with Crippen LogP contribution in [0.3, 0.4) is 0 Å². The van der Waals surface area contributed by atoms with Crippen LogP contribution in [-0.2, 0) is 11.0 Å². The maximum atomic E-state index is 9.21. The van der Waals surface area contributed by atoms with Crippen LogP contribution in [0.5, 0.6) is 0 Å². The molecule has 1 N–H and O–H groups in total. The molecular weight excluding hydrogens is 380 g/mol. The molecule has 2 aromatic carbocycles. The van der Waals surface area contributed by atoms with Gasteiger partial charge in [0.15, 0.2) is 0 Å². The standard InChI is InChI=1S/C23H28N2O3Si/c1-23(2,3)29(20-10-6-4-7-11-20,21-12-8-5-9-13-21)28-19-14-25(15-19)22-24-18(16-26)17-27-22/h4-13,17,19,26H,14-16H2,1-3H3. The first-order chi connectivity index (χ1) is 13.9. The topological polar surface area (TPSA) is 58.7 Å². The van der Waals surface area contributed by atoms with Crippen molar-refractivity contribution in [1.82, 2.24) is 4.98 Å². The number of anilines is 1. The summed E-state index contributed by atoms with van der Waals surface area (Å²) in [6.45, 7) is 8.22. The Morgan fingerprint density at radius 3 is 2.03 bits per heavy atom. The minimum absolute atomic E-state index is 0.0386. The first-order valence-corrected chi connectivity index (χ1v) is 11.9. The molecular formula is C23H28N2O3Si. The summed E-state index contributed by atoms with van der Waals surface area (Å²) in [6, 6.07) is 21.9. The van der Waals surface area contributed by atoms with Gasteiger partial charge in [-0.25, -0.2) is 0 Å². The van der Waals surface area contributed by atoms with Crippen molar-refractivity contribution in [2.75, 3.05) is 18.0 Å². The van der Waals surface area contributed by atoms with E-state index in [0.29, 0.717) is 11.7 Å². The Kier molecular flexibility index (Phi) is 5.33. The summed E-state index contributed by atoms with van der Waals surface area (Å²) >= 11 is 0. The minimum atomic E-state index is -2.53.